The third kappa shape index (κ3) is 9.48. The van der Waals surface area contributed by atoms with Crippen LogP contribution in [0.15, 0.2) is 41.2 Å². The number of ether oxygens (including phenoxy) is 2. The predicted molar refractivity (Wildman–Crippen MR) is 160 cm³/mol. The average molecular weight is 648 g/mol. The maximum absolute atomic E-state index is 14.1. The number of carbonyl (C=O) groups is 3. The SMILES string of the molecule is Cc1cc(Cc2ccccc2C(C)(C)C)c(=O)n(CC(=O)NC(CC(=O)OC(C)(C)C)C(=O)COc2c(F)c(F)cc(F)c2F)n1. The van der Waals surface area contributed by atoms with Gasteiger partial charge >= 0.3 is 5.97 Å². The fourth-order valence-electron chi connectivity index (χ4n) is 4.68. The van der Waals surface area contributed by atoms with Crippen molar-refractivity contribution in [3.63, 3.8) is 0 Å². The largest absolute Gasteiger partial charge is 0.479 e. The summed E-state index contributed by atoms with van der Waals surface area (Å²) in [4.78, 5) is 52.1. The summed E-state index contributed by atoms with van der Waals surface area (Å²) in [6.07, 6.45) is -0.458. The van der Waals surface area contributed by atoms with Crippen molar-refractivity contribution in [3.8, 4) is 5.75 Å². The molecule has 46 heavy (non-hydrogen) atoms. The zero-order valence-electron chi connectivity index (χ0n) is 26.7. The molecule has 0 bridgehead atoms. The molecule has 9 nitrogen and oxygen atoms in total. The van der Waals surface area contributed by atoms with Crippen LogP contribution in [0, 0.1) is 30.2 Å². The van der Waals surface area contributed by atoms with Crippen LogP contribution in [0.4, 0.5) is 17.6 Å². The Morgan fingerprint density at radius 1 is 0.935 bits per heavy atom. The topological polar surface area (TPSA) is 117 Å². The van der Waals surface area contributed by atoms with Crippen LogP contribution in [0.25, 0.3) is 0 Å². The molecular weight excluding hydrogens is 610 g/mol. The number of amides is 1. The minimum atomic E-state index is -1.87. The van der Waals surface area contributed by atoms with Crippen molar-refractivity contribution in [2.24, 2.45) is 0 Å². The van der Waals surface area contributed by atoms with Gasteiger partial charge in [0, 0.05) is 18.1 Å². The number of nitrogens with zero attached hydrogens (tertiary/aromatic N) is 2. The maximum atomic E-state index is 14.1. The quantitative estimate of drug-likeness (QED) is 0.180. The highest BCUT2D eigenvalue weighted by molar-refractivity contribution is 5.93. The van der Waals surface area contributed by atoms with E-state index in [2.05, 4.69) is 31.2 Å². The summed E-state index contributed by atoms with van der Waals surface area (Å²) in [6.45, 7) is 10.7. The number of hydrogen-bond donors (Lipinski definition) is 1. The fraction of sp³-hybridized carbons (Fsp3) is 0.424. The Morgan fingerprint density at radius 3 is 2.13 bits per heavy atom. The van der Waals surface area contributed by atoms with E-state index in [1.54, 1.807) is 33.8 Å². The van der Waals surface area contributed by atoms with Gasteiger partial charge in [-0.05, 0) is 50.3 Å². The fourth-order valence-corrected chi connectivity index (χ4v) is 4.68. The van der Waals surface area contributed by atoms with Gasteiger partial charge in [-0.25, -0.2) is 13.5 Å². The molecule has 2 aromatic carbocycles. The van der Waals surface area contributed by atoms with Gasteiger partial charge < -0.3 is 14.8 Å². The summed E-state index contributed by atoms with van der Waals surface area (Å²) >= 11 is 0. The summed E-state index contributed by atoms with van der Waals surface area (Å²) in [5.74, 6) is -11.6. The van der Waals surface area contributed by atoms with E-state index in [0.29, 0.717) is 11.3 Å². The standard InChI is InChI=1S/C33H37F4N3O6/c1-18-12-20(13-19-10-8-9-11-21(19)32(2,3)4)31(44)40(39-18)16-26(42)38-24(15-27(43)46-33(5,6)7)25(41)17-45-30-28(36)22(34)14-23(35)29(30)37/h8-12,14,24H,13,15-17H2,1-7H3,(H,38,42). The number of ketones is 1. The second kappa shape index (κ2) is 14.3. The monoisotopic (exact) mass is 647 g/mol. The predicted octanol–water partition coefficient (Wildman–Crippen LogP) is 4.86. The van der Waals surface area contributed by atoms with Gasteiger partial charge in [0.05, 0.1) is 12.1 Å². The number of nitrogens with one attached hydrogen (secondary N) is 1. The van der Waals surface area contributed by atoms with Crippen LogP contribution in [-0.2, 0) is 37.5 Å². The van der Waals surface area contributed by atoms with E-state index in [1.165, 1.54) is 0 Å². The second-order valence-electron chi connectivity index (χ2n) is 12.8. The third-order valence-electron chi connectivity index (χ3n) is 6.62. The number of aryl methyl sites for hydroxylation is 1. The summed E-state index contributed by atoms with van der Waals surface area (Å²) in [5, 5.41) is 6.46. The Hall–Kier alpha value is -4.55. The number of Topliss-reactive ketones (excluding diaryl/α,β-unsaturated/α-hetero) is 1. The molecule has 0 aliphatic heterocycles. The first-order valence-corrected chi connectivity index (χ1v) is 14.4. The normalized spacial score (nSPS) is 12.4. The van der Waals surface area contributed by atoms with E-state index < -0.39 is 83.5 Å². The lowest BCUT2D eigenvalue weighted by atomic mass is 9.82. The molecule has 0 aliphatic rings. The van der Waals surface area contributed by atoms with Crippen molar-refractivity contribution in [2.45, 2.75) is 84.9 Å². The Balaban J connectivity index is 1.84. The first kappa shape index (κ1) is 35.9. The van der Waals surface area contributed by atoms with Crippen LogP contribution in [0.3, 0.4) is 0 Å². The van der Waals surface area contributed by atoms with Gasteiger partial charge in [0.2, 0.25) is 17.5 Å². The van der Waals surface area contributed by atoms with Gasteiger partial charge in [0.15, 0.2) is 23.2 Å². The molecule has 1 atom stereocenters. The Bertz CT molecular complexity index is 1670. The van der Waals surface area contributed by atoms with E-state index in [9.17, 15) is 36.7 Å². The number of esters is 1. The molecule has 13 heteroatoms. The molecule has 1 aromatic heterocycles. The lowest BCUT2D eigenvalue weighted by molar-refractivity contribution is -0.156. The molecule has 0 saturated carbocycles. The molecule has 3 rings (SSSR count). The molecule has 3 aromatic rings. The first-order valence-electron chi connectivity index (χ1n) is 14.4. The van der Waals surface area contributed by atoms with Crippen molar-refractivity contribution in [2.75, 3.05) is 6.61 Å². The van der Waals surface area contributed by atoms with Gasteiger partial charge in [-0.1, -0.05) is 45.0 Å². The number of aromatic nitrogens is 2. The number of halogens is 4. The zero-order chi connectivity index (χ0) is 34.6. The highest BCUT2D eigenvalue weighted by atomic mass is 19.2. The summed E-state index contributed by atoms with van der Waals surface area (Å²) in [5.41, 5.74) is 1.06. The molecule has 248 valence electrons. The number of hydrogen-bond acceptors (Lipinski definition) is 7. The maximum Gasteiger partial charge on any atom is 0.308 e. The molecular formula is C33H37F4N3O6. The van der Waals surface area contributed by atoms with Crippen LogP contribution in [0.5, 0.6) is 5.75 Å². The minimum absolute atomic E-state index is 0.0269. The van der Waals surface area contributed by atoms with Crippen LogP contribution in [-0.4, -0.2) is 45.7 Å². The van der Waals surface area contributed by atoms with Gasteiger partial charge in [-0.15, -0.1) is 0 Å². The van der Waals surface area contributed by atoms with Crippen molar-refractivity contribution >= 4 is 17.7 Å². The third-order valence-corrected chi connectivity index (χ3v) is 6.62. The lowest BCUT2D eigenvalue weighted by Gasteiger charge is -2.23. The molecule has 0 aliphatic carbocycles. The minimum Gasteiger partial charge on any atom is -0.479 e. The van der Waals surface area contributed by atoms with Crippen LogP contribution >= 0.6 is 0 Å². The van der Waals surface area contributed by atoms with Crippen LogP contribution < -0.4 is 15.6 Å². The highest BCUT2D eigenvalue weighted by Crippen LogP contribution is 2.28. The van der Waals surface area contributed by atoms with Crippen molar-refractivity contribution in [1.82, 2.24) is 15.1 Å². The molecule has 1 heterocycles. The summed E-state index contributed by atoms with van der Waals surface area (Å²) in [7, 11) is 0. The summed E-state index contributed by atoms with van der Waals surface area (Å²) in [6, 6.07) is 7.60. The van der Waals surface area contributed by atoms with E-state index >= 15 is 0 Å². The van der Waals surface area contributed by atoms with Crippen molar-refractivity contribution < 1.29 is 41.4 Å². The van der Waals surface area contributed by atoms with Gasteiger partial charge in [0.25, 0.3) is 5.56 Å². The van der Waals surface area contributed by atoms with E-state index in [-0.39, 0.29) is 17.9 Å². The summed E-state index contributed by atoms with van der Waals surface area (Å²) < 4.78 is 66.2. The van der Waals surface area contributed by atoms with Crippen LogP contribution in [0.2, 0.25) is 0 Å². The van der Waals surface area contributed by atoms with Gasteiger partial charge in [-0.2, -0.15) is 13.9 Å². The van der Waals surface area contributed by atoms with Crippen molar-refractivity contribution in [1.29, 1.82) is 0 Å². The van der Waals surface area contributed by atoms with E-state index in [1.807, 2.05) is 24.3 Å². The molecule has 0 spiro atoms. The van der Waals surface area contributed by atoms with Crippen molar-refractivity contribution in [3.05, 3.63) is 92.4 Å². The van der Waals surface area contributed by atoms with Gasteiger partial charge in [0.1, 0.15) is 24.8 Å². The van der Waals surface area contributed by atoms with E-state index in [4.69, 9.17) is 9.47 Å². The smallest absolute Gasteiger partial charge is 0.308 e. The lowest BCUT2D eigenvalue weighted by Crippen LogP contribution is -2.47. The highest BCUT2D eigenvalue weighted by Gasteiger charge is 2.29. The zero-order valence-corrected chi connectivity index (χ0v) is 26.7. The Morgan fingerprint density at radius 2 is 1.54 bits per heavy atom. The van der Waals surface area contributed by atoms with E-state index in [0.717, 1.165) is 15.8 Å². The number of carbonyl (C=O) groups excluding carboxylic acids is 3. The first-order chi connectivity index (χ1) is 21.3. The molecule has 0 radical (unpaired) electrons. The molecule has 1 amide bonds. The Labute approximate surface area is 263 Å². The second-order valence-corrected chi connectivity index (χ2v) is 12.8. The number of benzene rings is 2. The molecule has 1 unspecified atom stereocenters. The molecule has 1 N–H and O–H groups in total. The Kier molecular flexibility index (Phi) is 11.1. The van der Waals surface area contributed by atoms with Gasteiger partial charge in [-0.3, -0.25) is 19.2 Å². The van der Waals surface area contributed by atoms with Crippen LogP contribution in [0.1, 0.15) is 70.3 Å². The average Bonchev–Trinajstić information content (AvgIpc) is 2.92. The number of rotatable bonds is 11. The molecule has 0 saturated heterocycles. The molecule has 0 fully saturated rings.